The first-order chi connectivity index (χ1) is 40.6. The number of nitrogens with zero attached hydrogens (tertiary/aromatic N) is 4. The summed E-state index contributed by atoms with van der Waals surface area (Å²) in [7, 11) is 0. The number of rotatable bonds is 10. The van der Waals surface area contributed by atoms with Gasteiger partial charge in [0.15, 0.2) is 0 Å². The normalized spacial score (nSPS) is 17.0. The highest BCUT2D eigenvalue weighted by Crippen LogP contribution is 2.56. The van der Waals surface area contributed by atoms with Crippen LogP contribution in [-0.4, -0.2) is 19.5 Å². The van der Waals surface area contributed by atoms with E-state index in [0.717, 1.165) is 118 Å². The molecule has 0 spiro atoms. The van der Waals surface area contributed by atoms with Crippen molar-refractivity contribution in [2.75, 3.05) is 0 Å². The molecular weight excluding hydrogens is 993 g/mol. The molecule has 2 unspecified atom stereocenters. The lowest BCUT2D eigenvalue weighted by atomic mass is 9.67. The van der Waals surface area contributed by atoms with Gasteiger partial charge in [-0.1, -0.05) is 182 Å². The summed E-state index contributed by atoms with van der Waals surface area (Å²) in [5.74, 6) is 3.23. The van der Waals surface area contributed by atoms with E-state index in [9.17, 15) is 0 Å². The van der Waals surface area contributed by atoms with Crippen LogP contribution >= 0.6 is 0 Å². The molecule has 9 aromatic carbocycles. The molecule has 0 saturated heterocycles. The molecule has 2 fully saturated rings. The molecule has 82 heavy (non-hydrogen) atoms. The number of pyridine rings is 3. The van der Waals surface area contributed by atoms with Crippen LogP contribution in [-0.2, 0) is 0 Å². The van der Waals surface area contributed by atoms with Crippen molar-refractivity contribution in [1.29, 1.82) is 0 Å². The van der Waals surface area contributed by atoms with E-state index in [2.05, 4.69) is 253 Å². The molecule has 4 heterocycles. The Labute approximate surface area is 479 Å². The molecule has 0 aliphatic heterocycles. The molecule has 4 nitrogen and oxygen atoms in total. The zero-order valence-corrected chi connectivity index (χ0v) is 45.5. The van der Waals surface area contributed by atoms with Gasteiger partial charge in [0, 0.05) is 68.4 Å². The van der Waals surface area contributed by atoms with E-state index in [0.29, 0.717) is 5.92 Å². The minimum atomic E-state index is 0.694. The smallest absolute Gasteiger partial charge is 0.0702 e. The highest BCUT2D eigenvalue weighted by molar-refractivity contribution is 6.09. The second kappa shape index (κ2) is 20.1. The molecule has 0 N–H and O–H groups in total. The maximum absolute atomic E-state index is 5.23. The minimum Gasteiger partial charge on any atom is -0.309 e. The summed E-state index contributed by atoms with van der Waals surface area (Å²) in [5.41, 5.74) is 26.5. The summed E-state index contributed by atoms with van der Waals surface area (Å²) in [6.07, 6.45) is 13.1. The van der Waals surface area contributed by atoms with Crippen LogP contribution in [0.15, 0.2) is 267 Å². The van der Waals surface area contributed by atoms with Crippen LogP contribution in [0.3, 0.4) is 0 Å². The molecule has 2 atom stereocenters. The standard InChI is InChI=1S/C78H58N4/c1-2-14-52(15-3-1)74-35-29-55(47-79-74)64-16-4-7-19-67(64)60-43-61(45-62(44-60)69-21-9-6-18-66(69)57-31-37-76(81-49-57)54-28-34-70-58-39-50-38-51(40-58)42-59(41-50)73(70)46-54)68-20-8-5-17-65(68)56-30-36-75(80-48-56)53-26-32-63(33-27-53)82-77-24-12-10-22-71(77)72-23-11-13-25-78(72)82/h1-37,43-51,58-59H,38-42H2. The van der Waals surface area contributed by atoms with Crippen LogP contribution in [0.1, 0.15) is 55.1 Å². The lowest BCUT2D eigenvalue weighted by molar-refractivity contribution is 0.166. The van der Waals surface area contributed by atoms with Crippen molar-refractivity contribution in [2.45, 2.75) is 43.9 Å². The minimum absolute atomic E-state index is 0.694. The van der Waals surface area contributed by atoms with E-state index in [1.54, 1.807) is 11.1 Å². The molecule has 4 bridgehead atoms. The molecule has 4 heteroatoms. The summed E-state index contributed by atoms with van der Waals surface area (Å²) in [4.78, 5) is 15.4. The molecule has 4 aromatic heterocycles. The molecule has 17 rings (SSSR count). The van der Waals surface area contributed by atoms with E-state index in [1.807, 2.05) is 18.5 Å². The highest BCUT2D eigenvalue weighted by Gasteiger charge is 2.42. The average molecular weight is 1050 g/mol. The van der Waals surface area contributed by atoms with E-state index in [1.165, 1.54) is 59.5 Å². The van der Waals surface area contributed by atoms with Crippen molar-refractivity contribution in [2.24, 2.45) is 11.8 Å². The maximum atomic E-state index is 5.23. The van der Waals surface area contributed by atoms with Gasteiger partial charge in [-0.2, -0.15) is 0 Å². The Kier molecular flexibility index (Phi) is 11.8. The van der Waals surface area contributed by atoms with Crippen LogP contribution in [0, 0.1) is 11.8 Å². The van der Waals surface area contributed by atoms with Gasteiger partial charge in [-0.15, -0.1) is 0 Å². The fourth-order valence-electron chi connectivity index (χ4n) is 14.6. The molecule has 13 aromatic rings. The topological polar surface area (TPSA) is 43.6 Å². The second-order valence-corrected chi connectivity index (χ2v) is 23.2. The van der Waals surface area contributed by atoms with E-state index < -0.39 is 0 Å². The first kappa shape index (κ1) is 48.2. The summed E-state index contributed by atoms with van der Waals surface area (Å²) in [5, 5.41) is 2.51. The third kappa shape index (κ3) is 8.57. The van der Waals surface area contributed by atoms with Crippen LogP contribution in [0.25, 0.3) is 128 Å². The Morgan fingerprint density at radius 2 is 0.634 bits per heavy atom. The van der Waals surface area contributed by atoms with Crippen molar-refractivity contribution in [3.05, 3.63) is 278 Å². The Morgan fingerprint density at radius 1 is 0.268 bits per heavy atom. The summed E-state index contributed by atoms with van der Waals surface area (Å²) < 4.78 is 2.36. The fraction of sp³-hybridized carbons (Fsp3) is 0.115. The van der Waals surface area contributed by atoms with Gasteiger partial charge < -0.3 is 4.57 Å². The Bertz CT molecular complexity index is 4470. The SMILES string of the molecule is c1ccc(-c2ccc(-c3ccccc3-c3cc(-c4ccccc4-c4ccc(-c5ccc(-n6c7ccccc7c7ccccc76)cc5)nc4)cc(-c4ccccc4-c4ccc(-c5ccc6c(c5)C5CC7CC(CC6C7)C5)nc4)c3)cn2)cc1. The van der Waals surface area contributed by atoms with Crippen LogP contribution in [0.2, 0.25) is 0 Å². The third-order valence-corrected chi connectivity index (χ3v) is 18.3. The monoisotopic (exact) mass is 1050 g/mol. The summed E-state index contributed by atoms with van der Waals surface area (Å²) >= 11 is 0. The predicted molar refractivity (Wildman–Crippen MR) is 339 cm³/mol. The van der Waals surface area contributed by atoms with Crippen molar-refractivity contribution >= 4 is 21.8 Å². The zero-order chi connectivity index (χ0) is 54.1. The Morgan fingerprint density at radius 3 is 1.09 bits per heavy atom. The number of hydrogen-bond donors (Lipinski definition) is 0. The van der Waals surface area contributed by atoms with Crippen molar-refractivity contribution in [1.82, 2.24) is 19.5 Å². The van der Waals surface area contributed by atoms with Gasteiger partial charge >= 0.3 is 0 Å². The molecule has 4 aliphatic rings. The largest absolute Gasteiger partial charge is 0.309 e. The van der Waals surface area contributed by atoms with Gasteiger partial charge in [0.2, 0.25) is 0 Å². The van der Waals surface area contributed by atoms with Crippen LogP contribution in [0.5, 0.6) is 0 Å². The van der Waals surface area contributed by atoms with Crippen LogP contribution in [0.4, 0.5) is 0 Å². The number of para-hydroxylation sites is 2. The maximum Gasteiger partial charge on any atom is 0.0702 e. The summed E-state index contributed by atoms with van der Waals surface area (Å²) in [6, 6.07) is 90.5. The highest BCUT2D eigenvalue weighted by atomic mass is 15.0. The van der Waals surface area contributed by atoms with E-state index >= 15 is 0 Å². The lowest BCUT2D eigenvalue weighted by Gasteiger charge is -2.38. The number of hydrogen-bond acceptors (Lipinski definition) is 3. The zero-order valence-electron chi connectivity index (χ0n) is 45.5. The molecular formula is C78H58N4. The Hall–Kier alpha value is -9.77. The first-order valence-corrected chi connectivity index (χ1v) is 29.2. The average Bonchev–Trinajstić information content (AvgIpc) is 4.01. The van der Waals surface area contributed by atoms with Crippen molar-refractivity contribution in [3.8, 4) is 106 Å². The number of benzene rings is 9. The number of fused-ring (bicyclic) bond motifs is 3. The third-order valence-electron chi connectivity index (χ3n) is 18.3. The lowest BCUT2D eigenvalue weighted by Crippen LogP contribution is -2.25. The van der Waals surface area contributed by atoms with Gasteiger partial charge in [-0.25, -0.2) is 0 Å². The van der Waals surface area contributed by atoms with Gasteiger partial charge in [0.05, 0.1) is 28.1 Å². The first-order valence-electron chi connectivity index (χ1n) is 29.2. The molecule has 390 valence electrons. The van der Waals surface area contributed by atoms with Crippen molar-refractivity contribution in [3.63, 3.8) is 0 Å². The molecule has 4 aliphatic carbocycles. The quantitative estimate of drug-likeness (QED) is 0.137. The van der Waals surface area contributed by atoms with Gasteiger partial charge in [0.1, 0.15) is 0 Å². The predicted octanol–water partition coefficient (Wildman–Crippen LogP) is 20.4. The van der Waals surface area contributed by atoms with Crippen LogP contribution < -0.4 is 0 Å². The Balaban J connectivity index is 0.769. The van der Waals surface area contributed by atoms with E-state index in [-0.39, 0.29) is 0 Å². The van der Waals surface area contributed by atoms with Gasteiger partial charge in [0.25, 0.3) is 0 Å². The van der Waals surface area contributed by atoms with E-state index in [4.69, 9.17) is 15.0 Å². The summed E-state index contributed by atoms with van der Waals surface area (Å²) in [6.45, 7) is 0. The molecule has 2 saturated carbocycles. The van der Waals surface area contributed by atoms with Crippen molar-refractivity contribution < 1.29 is 0 Å². The fourth-order valence-corrected chi connectivity index (χ4v) is 14.6. The van der Waals surface area contributed by atoms with Gasteiger partial charge in [-0.3, -0.25) is 15.0 Å². The molecule has 0 amide bonds. The van der Waals surface area contributed by atoms with Gasteiger partial charge in [-0.05, 0) is 184 Å². The number of aromatic nitrogens is 4. The second-order valence-electron chi connectivity index (χ2n) is 23.2. The molecule has 0 radical (unpaired) electrons.